The van der Waals surface area contributed by atoms with Crippen molar-refractivity contribution >= 4 is 16.9 Å². The number of hydrogen-bond acceptors (Lipinski definition) is 6. The second kappa shape index (κ2) is 10.9. The smallest absolute Gasteiger partial charge is 0.257 e. The average Bonchev–Trinajstić information content (AvgIpc) is 2.88. The minimum absolute atomic E-state index is 0.0987. The van der Waals surface area contributed by atoms with Crippen LogP contribution in [0.5, 0.6) is 17.2 Å². The SMILES string of the molecule is COc1ccc(-c2coc3cc(OCC(=O)NCCC4=CCCCC4)ccc3c2=O)cc1OC. The predicted octanol–water partition coefficient (Wildman–Crippen LogP) is 4.86. The summed E-state index contributed by atoms with van der Waals surface area (Å²) < 4.78 is 21.9. The van der Waals surface area contributed by atoms with Gasteiger partial charge in [-0.2, -0.15) is 0 Å². The maximum absolute atomic E-state index is 13.1. The van der Waals surface area contributed by atoms with Gasteiger partial charge >= 0.3 is 0 Å². The lowest BCUT2D eigenvalue weighted by molar-refractivity contribution is -0.123. The van der Waals surface area contributed by atoms with Gasteiger partial charge in [0.05, 0.1) is 25.2 Å². The van der Waals surface area contributed by atoms with Crippen molar-refractivity contribution in [3.8, 4) is 28.4 Å². The standard InChI is InChI=1S/C27H29NO6/c1-31-23-11-8-19(14-25(23)32-2)22-16-34-24-15-20(9-10-21(24)27(22)30)33-17-26(29)28-13-12-18-6-4-3-5-7-18/h6,8-11,14-16H,3-5,7,12-13,17H2,1-2H3,(H,28,29). The molecule has 1 heterocycles. The molecule has 0 radical (unpaired) electrons. The number of carbonyl (C=O) groups excluding carboxylic acids is 1. The molecule has 0 atom stereocenters. The lowest BCUT2D eigenvalue weighted by Gasteiger charge is -2.13. The number of amides is 1. The van der Waals surface area contributed by atoms with Crippen LogP contribution < -0.4 is 25.0 Å². The van der Waals surface area contributed by atoms with E-state index in [1.54, 1.807) is 50.6 Å². The van der Waals surface area contributed by atoms with Gasteiger partial charge < -0.3 is 23.9 Å². The third-order valence-electron chi connectivity index (χ3n) is 5.96. The largest absolute Gasteiger partial charge is 0.493 e. The van der Waals surface area contributed by atoms with E-state index in [2.05, 4.69) is 11.4 Å². The maximum Gasteiger partial charge on any atom is 0.257 e. The number of carbonyl (C=O) groups is 1. The Labute approximate surface area is 198 Å². The Kier molecular flexibility index (Phi) is 7.52. The first-order chi connectivity index (χ1) is 16.6. The molecule has 7 heteroatoms. The van der Waals surface area contributed by atoms with E-state index in [1.807, 2.05) is 0 Å². The second-order valence-corrected chi connectivity index (χ2v) is 8.20. The molecule has 1 amide bonds. The lowest BCUT2D eigenvalue weighted by Crippen LogP contribution is -2.30. The molecule has 1 aromatic heterocycles. The third kappa shape index (κ3) is 5.42. The van der Waals surface area contributed by atoms with E-state index in [-0.39, 0.29) is 17.9 Å². The van der Waals surface area contributed by atoms with Gasteiger partial charge in [-0.25, -0.2) is 0 Å². The van der Waals surface area contributed by atoms with E-state index in [0.717, 1.165) is 19.3 Å². The van der Waals surface area contributed by atoms with Gasteiger partial charge in [0.1, 0.15) is 17.6 Å². The fourth-order valence-corrected chi connectivity index (χ4v) is 4.10. The van der Waals surface area contributed by atoms with Gasteiger partial charge in [0, 0.05) is 12.6 Å². The van der Waals surface area contributed by atoms with E-state index < -0.39 is 0 Å². The quantitative estimate of drug-likeness (QED) is 0.456. The number of hydrogen-bond donors (Lipinski definition) is 1. The van der Waals surface area contributed by atoms with Gasteiger partial charge in [-0.1, -0.05) is 17.7 Å². The molecule has 34 heavy (non-hydrogen) atoms. The second-order valence-electron chi connectivity index (χ2n) is 8.20. The van der Waals surface area contributed by atoms with Gasteiger partial charge in [0.2, 0.25) is 0 Å². The molecule has 0 fully saturated rings. The Morgan fingerprint density at radius 1 is 1.06 bits per heavy atom. The number of benzene rings is 2. The summed E-state index contributed by atoms with van der Waals surface area (Å²) in [6.07, 6.45) is 9.34. The van der Waals surface area contributed by atoms with Crippen LogP contribution in [0.2, 0.25) is 0 Å². The van der Waals surface area contributed by atoms with Crippen LogP contribution in [-0.2, 0) is 4.79 Å². The zero-order valence-corrected chi connectivity index (χ0v) is 19.5. The van der Waals surface area contributed by atoms with Crippen molar-refractivity contribution in [2.24, 2.45) is 0 Å². The number of allylic oxidation sites excluding steroid dienone is 1. The molecule has 0 aliphatic heterocycles. The van der Waals surface area contributed by atoms with Gasteiger partial charge in [0.15, 0.2) is 23.5 Å². The molecule has 4 rings (SSSR count). The topological polar surface area (TPSA) is 87.0 Å². The van der Waals surface area contributed by atoms with E-state index >= 15 is 0 Å². The van der Waals surface area contributed by atoms with E-state index in [0.29, 0.717) is 45.9 Å². The molecule has 1 N–H and O–H groups in total. The van der Waals surface area contributed by atoms with Crippen LogP contribution in [0.15, 0.2) is 63.5 Å². The van der Waals surface area contributed by atoms with Crippen LogP contribution >= 0.6 is 0 Å². The number of fused-ring (bicyclic) bond motifs is 1. The van der Waals surface area contributed by atoms with Crippen LogP contribution in [-0.4, -0.2) is 33.3 Å². The molecule has 1 aliphatic carbocycles. The first kappa shape index (κ1) is 23.4. The summed E-state index contributed by atoms with van der Waals surface area (Å²) in [7, 11) is 3.10. The van der Waals surface area contributed by atoms with Crippen molar-refractivity contribution in [2.75, 3.05) is 27.4 Å². The molecule has 0 saturated carbocycles. The zero-order valence-electron chi connectivity index (χ0n) is 19.5. The number of nitrogens with one attached hydrogen (secondary N) is 1. The molecule has 3 aromatic rings. The van der Waals surface area contributed by atoms with Gasteiger partial charge in [0.25, 0.3) is 5.91 Å². The Balaban J connectivity index is 1.41. The van der Waals surface area contributed by atoms with Crippen LogP contribution in [0.25, 0.3) is 22.1 Å². The monoisotopic (exact) mass is 463 g/mol. The fourth-order valence-electron chi connectivity index (χ4n) is 4.10. The van der Waals surface area contributed by atoms with Gasteiger partial charge in [-0.3, -0.25) is 9.59 Å². The normalized spacial score (nSPS) is 13.3. The summed E-state index contributed by atoms with van der Waals surface area (Å²) in [5.41, 5.74) is 2.71. The first-order valence-corrected chi connectivity index (χ1v) is 11.4. The number of methoxy groups -OCH3 is 2. The summed E-state index contributed by atoms with van der Waals surface area (Å²) in [6, 6.07) is 10.2. The highest BCUT2D eigenvalue weighted by molar-refractivity contribution is 5.83. The zero-order chi connectivity index (χ0) is 23.9. The summed E-state index contributed by atoms with van der Waals surface area (Å²) in [4.78, 5) is 25.2. The van der Waals surface area contributed by atoms with E-state index in [4.69, 9.17) is 18.6 Å². The summed E-state index contributed by atoms with van der Waals surface area (Å²) in [5.74, 6) is 1.38. The van der Waals surface area contributed by atoms with Crippen LogP contribution in [0.1, 0.15) is 32.1 Å². The molecule has 0 unspecified atom stereocenters. The molecule has 7 nitrogen and oxygen atoms in total. The third-order valence-corrected chi connectivity index (χ3v) is 5.96. The van der Waals surface area contributed by atoms with E-state index in [1.165, 1.54) is 24.7 Å². The molecule has 0 spiro atoms. The Morgan fingerprint density at radius 2 is 1.91 bits per heavy atom. The summed E-state index contributed by atoms with van der Waals surface area (Å²) in [5, 5.41) is 3.31. The van der Waals surface area contributed by atoms with E-state index in [9.17, 15) is 9.59 Å². The lowest BCUT2D eigenvalue weighted by atomic mass is 9.97. The molecule has 1 aliphatic rings. The highest BCUT2D eigenvalue weighted by atomic mass is 16.5. The number of rotatable bonds is 9. The molecule has 178 valence electrons. The molecule has 0 bridgehead atoms. The Bertz CT molecular complexity index is 1260. The minimum Gasteiger partial charge on any atom is -0.493 e. The fraction of sp³-hybridized carbons (Fsp3) is 0.333. The van der Waals surface area contributed by atoms with Gasteiger partial charge in [-0.15, -0.1) is 0 Å². The van der Waals surface area contributed by atoms with Crippen LogP contribution in [0.3, 0.4) is 0 Å². The van der Waals surface area contributed by atoms with Crippen molar-refractivity contribution in [3.63, 3.8) is 0 Å². The van der Waals surface area contributed by atoms with Gasteiger partial charge in [-0.05, 0) is 61.9 Å². The average molecular weight is 464 g/mol. The van der Waals surface area contributed by atoms with Crippen molar-refractivity contribution in [3.05, 3.63) is 64.5 Å². The number of ether oxygens (including phenoxy) is 3. The highest BCUT2D eigenvalue weighted by Gasteiger charge is 2.13. The molecular formula is C27H29NO6. The van der Waals surface area contributed by atoms with Crippen LogP contribution in [0, 0.1) is 0 Å². The predicted molar refractivity (Wildman–Crippen MR) is 131 cm³/mol. The Hall–Kier alpha value is -3.74. The van der Waals surface area contributed by atoms with Crippen molar-refractivity contribution in [1.82, 2.24) is 5.32 Å². The maximum atomic E-state index is 13.1. The highest BCUT2D eigenvalue weighted by Crippen LogP contribution is 2.32. The molecule has 2 aromatic carbocycles. The Morgan fingerprint density at radius 3 is 2.68 bits per heavy atom. The van der Waals surface area contributed by atoms with Crippen LogP contribution in [0.4, 0.5) is 0 Å². The summed E-state index contributed by atoms with van der Waals surface area (Å²) >= 11 is 0. The van der Waals surface area contributed by atoms with Crippen molar-refractivity contribution in [2.45, 2.75) is 32.1 Å². The molecule has 0 saturated heterocycles. The first-order valence-electron chi connectivity index (χ1n) is 11.4. The van der Waals surface area contributed by atoms with Crippen molar-refractivity contribution in [1.29, 1.82) is 0 Å². The molecular weight excluding hydrogens is 434 g/mol. The van der Waals surface area contributed by atoms with Crippen molar-refractivity contribution < 1.29 is 23.4 Å². The minimum atomic E-state index is -0.179. The summed E-state index contributed by atoms with van der Waals surface area (Å²) in [6.45, 7) is 0.512.